The van der Waals surface area contributed by atoms with Gasteiger partial charge in [-0.3, -0.25) is 9.78 Å². The zero-order valence-corrected chi connectivity index (χ0v) is 17.7. The number of ether oxygens (including phenoxy) is 2. The molecule has 158 valence electrons. The van der Waals surface area contributed by atoms with Crippen LogP contribution in [0, 0.1) is 0 Å². The summed E-state index contributed by atoms with van der Waals surface area (Å²) in [5.74, 6) is 1.37. The van der Waals surface area contributed by atoms with Crippen LogP contribution >= 0.6 is 11.3 Å². The zero-order chi connectivity index (χ0) is 21.0. The first-order chi connectivity index (χ1) is 15.2. The molecule has 8 heteroatoms. The highest BCUT2D eigenvalue weighted by atomic mass is 32.1. The smallest absolute Gasteiger partial charge is 0.244 e. The first-order valence-corrected chi connectivity index (χ1v) is 11.1. The first kappa shape index (κ1) is 19.6. The summed E-state index contributed by atoms with van der Waals surface area (Å²) in [6, 6.07) is 9.74. The summed E-state index contributed by atoms with van der Waals surface area (Å²) in [6.45, 7) is 1.99. The van der Waals surface area contributed by atoms with E-state index in [0.717, 1.165) is 53.6 Å². The second-order valence-electron chi connectivity index (χ2n) is 7.47. The molecule has 0 bridgehead atoms. The predicted octanol–water partition coefficient (Wildman–Crippen LogP) is 3.73. The third-order valence-electron chi connectivity index (χ3n) is 5.39. The van der Waals surface area contributed by atoms with Crippen molar-refractivity contribution in [2.45, 2.75) is 18.9 Å². The van der Waals surface area contributed by atoms with Crippen LogP contribution in [0.3, 0.4) is 0 Å². The van der Waals surface area contributed by atoms with Gasteiger partial charge in [-0.25, -0.2) is 4.98 Å². The molecule has 2 aliphatic rings. The van der Waals surface area contributed by atoms with Crippen LogP contribution in [0.25, 0.3) is 17.3 Å². The molecule has 1 fully saturated rings. The van der Waals surface area contributed by atoms with E-state index in [4.69, 9.17) is 14.5 Å². The third kappa shape index (κ3) is 4.54. The maximum atomic E-state index is 12.3. The van der Waals surface area contributed by atoms with E-state index in [1.165, 1.54) is 0 Å². The fraction of sp³-hybridized carbons (Fsp3) is 0.261. The highest BCUT2D eigenvalue weighted by molar-refractivity contribution is 7.14. The molecular weight excluding hydrogens is 412 g/mol. The summed E-state index contributed by atoms with van der Waals surface area (Å²) in [7, 11) is 0. The van der Waals surface area contributed by atoms with Crippen molar-refractivity contribution in [3.63, 3.8) is 0 Å². The van der Waals surface area contributed by atoms with Crippen molar-refractivity contribution in [2.24, 2.45) is 0 Å². The number of benzene rings is 1. The van der Waals surface area contributed by atoms with Gasteiger partial charge >= 0.3 is 0 Å². The van der Waals surface area contributed by atoms with Crippen LogP contribution in [-0.4, -0.2) is 41.8 Å². The van der Waals surface area contributed by atoms with E-state index in [-0.39, 0.29) is 18.7 Å². The Morgan fingerprint density at radius 3 is 2.90 bits per heavy atom. The average molecular weight is 435 g/mol. The number of aromatic nitrogens is 2. The molecule has 7 nitrogen and oxygen atoms in total. The zero-order valence-electron chi connectivity index (χ0n) is 16.9. The van der Waals surface area contributed by atoms with Crippen LogP contribution < -0.4 is 19.7 Å². The highest BCUT2D eigenvalue weighted by Crippen LogP contribution is 2.33. The molecule has 0 atom stereocenters. The van der Waals surface area contributed by atoms with Crippen molar-refractivity contribution in [1.29, 1.82) is 0 Å². The number of carbonyl (C=O) groups excluding carboxylic acids is 1. The van der Waals surface area contributed by atoms with Crippen molar-refractivity contribution in [3.05, 3.63) is 59.7 Å². The third-order valence-corrected chi connectivity index (χ3v) is 6.29. The van der Waals surface area contributed by atoms with Crippen LogP contribution in [-0.2, 0) is 4.79 Å². The quantitative estimate of drug-likeness (QED) is 0.617. The van der Waals surface area contributed by atoms with E-state index >= 15 is 0 Å². The van der Waals surface area contributed by atoms with Crippen molar-refractivity contribution < 1.29 is 14.3 Å². The van der Waals surface area contributed by atoms with E-state index in [9.17, 15) is 4.79 Å². The van der Waals surface area contributed by atoms with Gasteiger partial charge in [0.05, 0.1) is 5.69 Å². The molecule has 0 saturated carbocycles. The van der Waals surface area contributed by atoms with E-state index in [2.05, 4.69) is 20.6 Å². The van der Waals surface area contributed by atoms with E-state index in [0.29, 0.717) is 5.75 Å². The topological polar surface area (TPSA) is 76.6 Å². The van der Waals surface area contributed by atoms with Gasteiger partial charge in [-0.2, -0.15) is 0 Å². The summed E-state index contributed by atoms with van der Waals surface area (Å²) in [6.07, 6.45) is 8.75. The summed E-state index contributed by atoms with van der Waals surface area (Å²) >= 11 is 1.65. The van der Waals surface area contributed by atoms with Crippen molar-refractivity contribution in [2.75, 3.05) is 24.8 Å². The van der Waals surface area contributed by atoms with Crippen molar-refractivity contribution in [1.82, 2.24) is 15.3 Å². The van der Waals surface area contributed by atoms with Gasteiger partial charge in [-0.1, -0.05) is 6.07 Å². The van der Waals surface area contributed by atoms with Crippen LogP contribution in [0.4, 0.5) is 5.13 Å². The Labute approximate surface area is 184 Å². The van der Waals surface area contributed by atoms with E-state index < -0.39 is 0 Å². The molecule has 0 aliphatic carbocycles. The maximum Gasteiger partial charge on any atom is 0.244 e. The minimum absolute atomic E-state index is 0.0794. The molecule has 1 aromatic carbocycles. The summed E-state index contributed by atoms with van der Waals surface area (Å²) in [5.41, 5.74) is 2.89. The molecule has 3 aromatic rings. The number of hydrogen-bond donors (Lipinski definition) is 1. The molecule has 5 rings (SSSR count). The number of fused-ring (bicyclic) bond motifs is 1. The van der Waals surface area contributed by atoms with Gasteiger partial charge < -0.3 is 19.7 Å². The normalized spacial score (nSPS) is 16.1. The Morgan fingerprint density at radius 1 is 1.19 bits per heavy atom. The lowest BCUT2D eigenvalue weighted by Crippen LogP contribution is -2.44. The standard InChI is InChI=1S/C23H22N4O3S/c28-22(6-4-16-3-5-20-21(12-16)30-15-29-20)25-18-7-10-27(11-8-18)23-26-19(14-31-23)17-2-1-9-24-13-17/h1-6,9,12-14,18H,7-8,10-11,15H2,(H,25,28)/b6-4+. The molecule has 0 unspecified atom stereocenters. The molecule has 0 radical (unpaired) electrons. The Balaban J connectivity index is 1.12. The van der Waals surface area contributed by atoms with Crippen LogP contribution in [0.15, 0.2) is 54.2 Å². The number of thiazole rings is 1. The number of nitrogens with zero attached hydrogens (tertiary/aromatic N) is 3. The van der Waals surface area contributed by atoms with Crippen molar-refractivity contribution >= 4 is 28.5 Å². The molecule has 4 heterocycles. The molecule has 2 aromatic heterocycles. The molecule has 2 aliphatic heterocycles. The Bertz CT molecular complexity index is 1090. The van der Waals surface area contributed by atoms with E-state index in [1.54, 1.807) is 29.7 Å². The maximum absolute atomic E-state index is 12.3. The number of hydrogen-bond acceptors (Lipinski definition) is 7. The van der Waals surface area contributed by atoms with Crippen LogP contribution in [0.5, 0.6) is 11.5 Å². The lowest BCUT2D eigenvalue weighted by Gasteiger charge is -2.31. The molecule has 1 N–H and O–H groups in total. The lowest BCUT2D eigenvalue weighted by atomic mass is 10.1. The molecule has 0 spiro atoms. The lowest BCUT2D eigenvalue weighted by molar-refractivity contribution is -0.117. The Kier molecular flexibility index (Phi) is 5.54. The van der Waals surface area contributed by atoms with Gasteiger partial charge in [-0.15, -0.1) is 11.3 Å². The second kappa shape index (κ2) is 8.77. The van der Waals surface area contributed by atoms with Gasteiger partial charge in [0.2, 0.25) is 12.7 Å². The Morgan fingerprint density at radius 2 is 2.06 bits per heavy atom. The highest BCUT2D eigenvalue weighted by Gasteiger charge is 2.22. The minimum Gasteiger partial charge on any atom is -0.454 e. The number of amides is 1. The summed E-state index contributed by atoms with van der Waals surface area (Å²) in [5, 5.41) is 6.20. The number of pyridine rings is 1. The second-order valence-corrected chi connectivity index (χ2v) is 8.31. The van der Waals surface area contributed by atoms with Gasteiger partial charge in [0, 0.05) is 48.5 Å². The largest absolute Gasteiger partial charge is 0.454 e. The average Bonchev–Trinajstić information content (AvgIpc) is 3.48. The molecular formula is C23H22N4O3S. The van der Waals surface area contributed by atoms with Gasteiger partial charge in [0.25, 0.3) is 0 Å². The van der Waals surface area contributed by atoms with Gasteiger partial charge in [0.15, 0.2) is 16.6 Å². The summed E-state index contributed by atoms with van der Waals surface area (Å²) in [4.78, 5) is 23.6. The monoisotopic (exact) mass is 434 g/mol. The SMILES string of the molecule is O=C(/C=C/c1ccc2c(c1)OCO2)NC1CCN(c2nc(-c3cccnc3)cs2)CC1. The van der Waals surface area contributed by atoms with E-state index in [1.807, 2.05) is 36.5 Å². The van der Waals surface area contributed by atoms with Crippen LogP contribution in [0.1, 0.15) is 18.4 Å². The molecule has 1 saturated heterocycles. The summed E-state index contributed by atoms with van der Waals surface area (Å²) < 4.78 is 10.7. The Hall–Kier alpha value is -3.39. The van der Waals surface area contributed by atoms with Gasteiger partial charge in [0.1, 0.15) is 0 Å². The fourth-order valence-corrected chi connectivity index (χ4v) is 4.60. The number of piperidine rings is 1. The van der Waals surface area contributed by atoms with Gasteiger partial charge in [-0.05, 0) is 48.7 Å². The first-order valence-electron chi connectivity index (χ1n) is 10.2. The number of nitrogens with one attached hydrogen (secondary N) is 1. The minimum atomic E-state index is -0.0794. The number of anilines is 1. The molecule has 1 amide bonds. The van der Waals surface area contributed by atoms with Crippen molar-refractivity contribution in [3.8, 4) is 22.8 Å². The molecule has 31 heavy (non-hydrogen) atoms. The fourth-order valence-electron chi connectivity index (χ4n) is 3.71. The predicted molar refractivity (Wildman–Crippen MR) is 120 cm³/mol. The number of carbonyl (C=O) groups is 1. The van der Waals surface area contributed by atoms with Crippen LogP contribution in [0.2, 0.25) is 0 Å². The number of rotatable bonds is 5.